The molecule has 0 saturated carbocycles. The second-order valence-electron chi connectivity index (χ2n) is 3.91. The lowest BCUT2D eigenvalue weighted by Crippen LogP contribution is -2.40. The number of aliphatic carboxylic acids is 1. The molecule has 1 atom stereocenters. The number of imidazole rings is 1. The number of aromatic nitrogens is 2. The molecule has 0 unspecified atom stereocenters. The van der Waals surface area contributed by atoms with E-state index in [1.165, 1.54) is 0 Å². The minimum atomic E-state index is -1.03. The van der Waals surface area contributed by atoms with Crippen LogP contribution in [0.15, 0.2) is 24.5 Å². The van der Waals surface area contributed by atoms with E-state index in [2.05, 4.69) is 15.3 Å². The highest BCUT2D eigenvalue weighted by atomic mass is 16.4. The molecule has 0 fully saturated rings. The Morgan fingerprint density at radius 1 is 1.50 bits per heavy atom. The Bertz CT molecular complexity index is 591. The number of carbonyl (C=O) groups is 2. The summed E-state index contributed by atoms with van der Waals surface area (Å²) in [5.74, 6) is -1.44. The lowest BCUT2D eigenvalue weighted by Gasteiger charge is -2.12. The molecule has 6 nitrogen and oxygen atoms in total. The summed E-state index contributed by atoms with van der Waals surface area (Å²) in [7, 11) is 0. The molecule has 1 amide bonds. The minimum Gasteiger partial charge on any atom is -0.480 e. The molecule has 6 heteroatoms. The topological polar surface area (TPSA) is 95.1 Å². The molecule has 18 heavy (non-hydrogen) atoms. The number of H-pyrrole nitrogens is 1. The number of hydrogen-bond donors (Lipinski definition) is 3. The standard InChI is InChI=1S/C12H13N3O3/c1-2-8(12(17)18)15-11(16)7-3-4-9-10(5-7)14-6-13-9/h3-6,8H,2H2,1H3,(H,13,14)(H,15,16)(H,17,18)/t8-/m0/s1. The van der Waals surface area contributed by atoms with Gasteiger partial charge in [0.05, 0.1) is 17.4 Å². The first-order valence-electron chi connectivity index (χ1n) is 5.58. The monoisotopic (exact) mass is 247 g/mol. The summed E-state index contributed by atoms with van der Waals surface area (Å²) in [5, 5.41) is 11.3. The van der Waals surface area contributed by atoms with Gasteiger partial charge in [0.2, 0.25) is 0 Å². The van der Waals surface area contributed by atoms with E-state index in [1.54, 1.807) is 31.5 Å². The Labute approximate surface area is 103 Å². The van der Waals surface area contributed by atoms with Crippen molar-refractivity contribution in [1.82, 2.24) is 15.3 Å². The Hall–Kier alpha value is -2.37. The van der Waals surface area contributed by atoms with Crippen LogP contribution in [0.5, 0.6) is 0 Å². The summed E-state index contributed by atoms with van der Waals surface area (Å²) in [4.78, 5) is 29.7. The van der Waals surface area contributed by atoms with Crippen molar-refractivity contribution in [1.29, 1.82) is 0 Å². The van der Waals surface area contributed by atoms with Crippen molar-refractivity contribution in [2.45, 2.75) is 19.4 Å². The molecule has 0 aliphatic carbocycles. The molecule has 0 aliphatic rings. The van der Waals surface area contributed by atoms with Crippen molar-refractivity contribution >= 4 is 22.9 Å². The van der Waals surface area contributed by atoms with Crippen LogP contribution in [0.2, 0.25) is 0 Å². The van der Waals surface area contributed by atoms with Crippen LogP contribution in [0.25, 0.3) is 11.0 Å². The normalized spacial score (nSPS) is 12.3. The molecule has 0 radical (unpaired) electrons. The van der Waals surface area contributed by atoms with Crippen LogP contribution < -0.4 is 5.32 Å². The van der Waals surface area contributed by atoms with E-state index in [4.69, 9.17) is 5.11 Å². The molecule has 94 valence electrons. The van der Waals surface area contributed by atoms with Crippen LogP contribution in [0.3, 0.4) is 0 Å². The van der Waals surface area contributed by atoms with Gasteiger partial charge >= 0.3 is 5.97 Å². The Morgan fingerprint density at radius 3 is 2.94 bits per heavy atom. The Kier molecular flexibility index (Phi) is 3.27. The summed E-state index contributed by atoms with van der Waals surface area (Å²) in [5.41, 5.74) is 1.91. The fourth-order valence-electron chi connectivity index (χ4n) is 1.66. The molecule has 0 aliphatic heterocycles. The average molecular weight is 247 g/mol. The molecule has 2 rings (SSSR count). The number of hydrogen-bond acceptors (Lipinski definition) is 3. The largest absolute Gasteiger partial charge is 0.480 e. The van der Waals surface area contributed by atoms with Crippen LogP contribution in [0.1, 0.15) is 23.7 Å². The van der Waals surface area contributed by atoms with E-state index in [9.17, 15) is 9.59 Å². The zero-order valence-electron chi connectivity index (χ0n) is 9.80. The highest BCUT2D eigenvalue weighted by molar-refractivity contribution is 5.99. The maximum absolute atomic E-state index is 11.9. The molecule has 3 N–H and O–H groups in total. The summed E-state index contributed by atoms with van der Waals surface area (Å²) < 4.78 is 0. The third-order valence-corrected chi connectivity index (χ3v) is 2.69. The van der Waals surface area contributed by atoms with Crippen LogP contribution in [0, 0.1) is 0 Å². The highest BCUT2D eigenvalue weighted by Gasteiger charge is 2.18. The van der Waals surface area contributed by atoms with Gasteiger partial charge in [0.1, 0.15) is 6.04 Å². The number of benzene rings is 1. The first-order valence-corrected chi connectivity index (χ1v) is 5.58. The maximum Gasteiger partial charge on any atom is 0.326 e. The fourth-order valence-corrected chi connectivity index (χ4v) is 1.66. The summed E-state index contributed by atoms with van der Waals surface area (Å²) in [6.07, 6.45) is 1.88. The number of aromatic amines is 1. The number of carboxylic acids is 1. The van der Waals surface area contributed by atoms with Gasteiger partial charge in [-0.3, -0.25) is 4.79 Å². The lowest BCUT2D eigenvalue weighted by molar-refractivity contribution is -0.139. The third-order valence-electron chi connectivity index (χ3n) is 2.69. The van der Waals surface area contributed by atoms with Gasteiger partial charge in [-0.15, -0.1) is 0 Å². The predicted octanol–water partition coefficient (Wildman–Crippen LogP) is 1.16. The Balaban J connectivity index is 2.19. The summed E-state index contributed by atoms with van der Waals surface area (Å²) >= 11 is 0. The van der Waals surface area contributed by atoms with Crippen molar-refractivity contribution in [3.05, 3.63) is 30.1 Å². The number of carboxylic acid groups (broad SMARTS) is 1. The smallest absolute Gasteiger partial charge is 0.326 e. The van der Waals surface area contributed by atoms with Crippen LogP contribution >= 0.6 is 0 Å². The van der Waals surface area contributed by atoms with Gasteiger partial charge in [-0.1, -0.05) is 6.92 Å². The molecule has 2 aromatic rings. The maximum atomic E-state index is 11.9. The first kappa shape index (κ1) is 12.1. The molecule has 1 aromatic heterocycles. The second kappa shape index (κ2) is 4.87. The van der Waals surface area contributed by atoms with Crippen LogP contribution in [-0.4, -0.2) is 33.0 Å². The summed E-state index contributed by atoms with van der Waals surface area (Å²) in [6.45, 7) is 1.71. The van der Waals surface area contributed by atoms with E-state index < -0.39 is 17.9 Å². The van der Waals surface area contributed by atoms with Crippen molar-refractivity contribution in [2.24, 2.45) is 0 Å². The van der Waals surface area contributed by atoms with E-state index in [1.807, 2.05) is 0 Å². The van der Waals surface area contributed by atoms with Crippen molar-refractivity contribution in [2.75, 3.05) is 0 Å². The molecule has 0 saturated heterocycles. The van der Waals surface area contributed by atoms with Crippen molar-refractivity contribution in [3.8, 4) is 0 Å². The van der Waals surface area contributed by atoms with Gasteiger partial charge in [-0.25, -0.2) is 9.78 Å². The third kappa shape index (κ3) is 2.32. The predicted molar refractivity (Wildman–Crippen MR) is 65.3 cm³/mol. The number of nitrogens with zero attached hydrogens (tertiary/aromatic N) is 1. The van der Waals surface area contributed by atoms with Gasteiger partial charge in [0, 0.05) is 5.56 Å². The van der Waals surface area contributed by atoms with Crippen molar-refractivity contribution in [3.63, 3.8) is 0 Å². The first-order chi connectivity index (χ1) is 8.61. The zero-order chi connectivity index (χ0) is 13.1. The Morgan fingerprint density at radius 2 is 2.28 bits per heavy atom. The zero-order valence-corrected chi connectivity index (χ0v) is 9.80. The van der Waals surface area contributed by atoms with Crippen LogP contribution in [-0.2, 0) is 4.79 Å². The van der Waals surface area contributed by atoms with E-state index >= 15 is 0 Å². The average Bonchev–Trinajstić information content (AvgIpc) is 2.82. The molecular formula is C12H13N3O3. The number of fused-ring (bicyclic) bond motifs is 1. The fraction of sp³-hybridized carbons (Fsp3) is 0.250. The van der Waals surface area contributed by atoms with E-state index in [0.29, 0.717) is 12.0 Å². The van der Waals surface area contributed by atoms with Gasteiger partial charge < -0.3 is 15.4 Å². The molecule has 1 aromatic carbocycles. The minimum absolute atomic E-state index is 0.341. The highest BCUT2D eigenvalue weighted by Crippen LogP contribution is 2.11. The SMILES string of the molecule is CC[C@H](NC(=O)c1ccc2nc[nH]c2c1)C(=O)O. The quantitative estimate of drug-likeness (QED) is 0.755. The number of carbonyl (C=O) groups excluding carboxylic acids is 1. The molecular weight excluding hydrogens is 234 g/mol. The summed E-state index contributed by atoms with van der Waals surface area (Å²) in [6, 6.07) is 4.11. The lowest BCUT2D eigenvalue weighted by atomic mass is 10.1. The number of nitrogens with one attached hydrogen (secondary N) is 2. The molecule has 1 heterocycles. The van der Waals surface area contributed by atoms with Gasteiger partial charge in [0.15, 0.2) is 0 Å². The van der Waals surface area contributed by atoms with Gasteiger partial charge in [0.25, 0.3) is 5.91 Å². The van der Waals surface area contributed by atoms with E-state index in [0.717, 1.165) is 11.0 Å². The molecule has 0 bridgehead atoms. The van der Waals surface area contributed by atoms with Gasteiger partial charge in [-0.05, 0) is 24.6 Å². The number of rotatable bonds is 4. The second-order valence-corrected chi connectivity index (χ2v) is 3.91. The van der Waals surface area contributed by atoms with Crippen LogP contribution in [0.4, 0.5) is 0 Å². The van der Waals surface area contributed by atoms with Gasteiger partial charge in [-0.2, -0.15) is 0 Å². The van der Waals surface area contributed by atoms with Crippen molar-refractivity contribution < 1.29 is 14.7 Å². The molecule has 0 spiro atoms. The van der Waals surface area contributed by atoms with E-state index in [-0.39, 0.29) is 0 Å². The number of amides is 1.